The van der Waals surface area contributed by atoms with E-state index >= 15 is 0 Å². The molecule has 0 bridgehead atoms. The Morgan fingerprint density at radius 1 is 1.40 bits per heavy atom. The molecule has 0 radical (unpaired) electrons. The minimum Gasteiger partial charge on any atom is -0.328 e. The zero-order valence-corrected chi connectivity index (χ0v) is 6.72. The van der Waals surface area contributed by atoms with E-state index in [4.69, 9.17) is 5.73 Å². The fraction of sp³-hybridized carbons (Fsp3) is 0.778. The second-order valence-corrected chi connectivity index (χ2v) is 3.57. The normalized spacial score (nSPS) is 41.2. The lowest BCUT2D eigenvalue weighted by Gasteiger charge is -2.29. The van der Waals surface area contributed by atoms with Crippen molar-refractivity contribution in [2.75, 3.05) is 0 Å². The lowest BCUT2D eigenvalue weighted by atomic mass is 9.80. The maximum atomic E-state index is 5.84. The van der Waals surface area contributed by atoms with Gasteiger partial charge in [0.1, 0.15) is 0 Å². The van der Waals surface area contributed by atoms with E-state index < -0.39 is 0 Å². The first-order valence-electron chi connectivity index (χ1n) is 4.10. The summed E-state index contributed by atoms with van der Waals surface area (Å²) in [4.78, 5) is 0. The van der Waals surface area contributed by atoms with Gasteiger partial charge in [0.05, 0.1) is 0 Å². The summed E-state index contributed by atoms with van der Waals surface area (Å²) in [6.07, 6.45) is 5.69. The Morgan fingerprint density at radius 3 is 2.60 bits per heavy atom. The largest absolute Gasteiger partial charge is 0.328 e. The number of allylic oxidation sites excluding steroid dienone is 1. The Labute approximate surface area is 63.3 Å². The quantitative estimate of drug-likeness (QED) is 0.552. The van der Waals surface area contributed by atoms with Gasteiger partial charge in [-0.05, 0) is 31.1 Å². The van der Waals surface area contributed by atoms with Crippen molar-refractivity contribution in [2.45, 2.75) is 32.2 Å². The lowest BCUT2D eigenvalue weighted by molar-refractivity contribution is 0.291. The van der Waals surface area contributed by atoms with Crippen LogP contribution in [-0.4, -0.2) is 6.04 Å². The highest BCUT2D eigenvalue weighted by Crippen LogP contribution is 2.28. The molecule has 0 aromatic rings. The summed E-state index contributed by atoms with van der Waals surface area (Å²) in [5.41, 5.74) is 5.84. The summed E-state index contributed by atoms with van der Waals surface area (Å²) in [5.74, 6) is 1.48. The van der Waals surface area contributed by atoms with Crippen molar-refractivity contribution in [1.29, 1.82) is 0 Å². The minimum atomic E-state index is 0.423. The molecule has 1 aliphatic carbocycles. The smallest absolute Gasteiger partial charge is 0.00469 e. The number of rotatable bonds is 1. The van der Waals surface area contributed by atoms with Crippen LogP contribution in [-0.2, 0) is 0 Å². The molecule has 1 fully saturated rings. The van der Waals surface area contributed by atoms with Gasteiger partial charge in [0, 0.05) is 6.04 Å². The molecule has 58 valence electrons. The van der Waals surface area contributed by atoms with Crippen LogP contribution in [0, 0.1) is 11.8 Å². The van der Waals surface area contributed by atoms with Crippen molar-refractivity contribution in [3.8, 4) is 0 Å². The van der Waals surface area contributed by atoms with E-state index in [2.05, 4.69) is 19.6 Å². The molecule has 1 heteroatoms. The summed E-state index contributed by atoms with van der Waals surface area (Å²) >= 11 is 0. The molecule has 1 nitrogen and oxygen atoms in total. The van der Waals surface area contributed by atoms with Crippen LogP contribution < -0.4 is 5.73 Å². The summed E-state index contributed by atoms with van der Waals surface area (Å²) < 4.78 is 0. The van der Waals surface area contributed by atoms with E-state index in [-0.39, 0.29) is 0 Å². The van der Waals surface area contributed by atoms with Gasteiger partial charge in [-0.15, -0.1) is 6.58 Å². The summed E-state index contributed by atoms with van der Waals surface area (Å²) in [5, 5.41) is 0. The Balaban J connectivity index is 2.42. The predicted molar refractivity (Wildman–Crippen MR) is 44.7 cm³/mol. The van der Waals surface area contributed by atoms with Gasteiger partial charge in [-0.2, -0.15) is 0 Å². The van der Waals surface area contributed by atoms with Crippen LogP contribution in [0.4, 0.5) is 0 Å². The highest BCUT2D eigenvalue weighted by molar-refractivity contribution is 4.88. The zero-order valence-electron chi connectivity index (χ0n) is 6.72. The number of hydrogen-bond donors (Lipinski definition) is 1. The monoisotopic (exact) mass is 139 g/mol. The van der Waals surface area contributed by atoms with E-state index in [9.17, 15) is 0 Å². The van der Waals surface area contributed by atoms with E-state index in [1.807, 2.05) is 0 Å². The lowest BCUT2D eigenvalue weighted by Crippen LogP contribution is -2.30. The van der Waals surface area contributed by atoms with Crippen LogP contribution in [0.25, 0.3) is 0 Å². The van der Waals surface area contributed by atoms with E-state index in [0.717, 1.165) is 12.3 Å². The highest BCUT2D eigenvalue weighted by atomic mass is 14.6. The third-order valence-corrected chi connectivity index (χ3v) is 2.35. The maximum absolute atomic E-state index is 5.84. The first kappa shape index (κ1) is 7.80. The SMILES string of the molecule is C=CC1CC(C)CC(N)C1. The fourth-order valence-corrected chi connectivity index (χ4v) is 1.90. The molecule has 0 saturated heterocycles. The molecule has 1 saturated carbocycles. The van der Waals surface area contributed by atoms with Crippen molar-refractivity contribution in [3.63, 3.8) is 0 Å². The number of hydrogen-bond acceptors (Lipinski definition) is 1. The van der Waals surface area contributed by atoms with Crippen LogP contribution in [0.1, 0.15) is 26.2 Å². The molecule has 0 spiro atoms. The van der Waals surface area contributed by atoms with Crippen LogP contribution in [0.5, 0.6) is 0 Å². The molecular weight excluding hydrogens is 122 g/mol. The van der Waals surface area contributed by atoms with Gasteiger partial charge in [0.25, 0.3) is 0 Å². The van der Waals surface area contributed by atoms with Crippen molar-refractivity contribution in [1.82, 2.24) is 0 Å². The molecule has 0 aromatic heterocycles. The second kappa shape index (κ2) is 3.20. The molecule has 1 rings (SSSR count). The Kier molecular flexibility index (Phi) is 2.50. The third-order valence-electron chi connectivity index (χ3n) is 2.35. The zero-order chi connectivity index (χ0) is 7.56. The fourth-order valence-electron chi connectivity index (χ4n) is 1.90. The van der Waals surface area contributed by atoms with Crippen LogP contribution in [0.15, 0.2) is 12.7 Å². The molecular formula is C9H17N. The van der Waals surface area contributed by atoms with Gasteiger partial charge in [-0.1, -0.05) is 13.0 Å². The van der Waals surface area contributed by atoms with Gasteiger partial charge >= 0.3 is 0 Å². The molecule has 0 amide bonds. The second-order valence-electron chi connectivity index (χ2n) is 3.57. The van der Waals surface area contributed by atoms with Gasteiger partial charge in [0.2, 0.25) is 0 Å². The average molecular weight is 139 g/mol. The maximum Gasteiger partial charge on any atom is 0.00469 e. The van der Waals surface area contributed by atoms with Crippen molar-refractivity contribution in [3.05, 3.63) is 12.7 Å². The van der Waals surface area contributed by atoms with Gasteiger partial charge in [0.15, 0.2) is 0 Å². The third kappa shape index (κ3) is 1.84. The Morgan fingerprint density at radius 2 is 2.10 bits per heavy atom. The predicted octanol–water partition coefficient (Wildman–Crippen LogP) is 1.94. The Hall–Kier alpha value is -0.300. The summed E-state index contributed by atoms with van der Waals surface area (Å²) in [6.45, 7) is 6.07. The van der Waals surface area contributed by atoms with Gasteiger partial charge in [-0.25, -0.2) is 0 Å². The standard InChI is InChI=1S/C9H17N/c1-3-8-4-7(2)5-9(10)6-8/h3,7-9H,1,4-6,10H2,2H3. The van der Waals surface area contributed by atoms with E-state index in [1.165, 1.54) is 12.8 Å². The summed E-state index contributed by atoms with van der Waals surface area (Å²) in [6, 6.07) is 0.423. The van der Waals surface area contributed by atoms with Crippen LogP contribution >= 0.6 is 0 Å². The van der Waals surface area contributed by atoms with Crippen molar-refractivity contribution < 1.29 is 0 Å². The molecule has 0 aromatic carbocycles. The van der Waals surface area contributed by atoms with Gasteiger partial charge in [-0.3, -0.25) is 0 Å². The molecule has 0 heterocycles. The van der Waals surface area contributed by atoms with E-state index in [0.29, 0.717) is 12.0 Å². The first-order valence-corrected chi connectivity index (χ1v) is 4.10. The minimum absolute atomic E-state index is 0.423. The first-order chi connectivity index (χ1) is 4.72. The molecule has 2 N–H and O–H groups in total. The van der Waals surface area contributed by atoms with Crippen LogP contribution in [0.3, 0.4) is 0 Å². The molecule has 3 unspecified atom stereocenters. The van der Waals surface area contributed by atoms with Crippen molar-refractivity contribution in [2.24, 2.45) is 17.6 Å². The van der Waals surface area contributed by atoms with E-state index in [1.54, 1.807) is 0 Å². The molecule has 3 atom stereocenters. The van der Waals surface area contributed by atoms with Crippen LogP contribution in [0.2, 0.25) is 0 Å². The Bertz CT molecular complexity index is 110. The topological polar surface area (TPSA) is 26.0 Å². The number of nitrogens with two attached hydrogens (primary N) is 1. The molecule has 10 heavy (non-hydrogen) atoms. The van der Waals surface area contributed by atoms with Crippen molar-refractivity contribution >= 4 is 0 Å². The highest BCUT2D eigenvalue weighted by Gasteiger charge is 2.21. The molecule has 1 aliphatic rings. The summed E-state index contributed by atoms with van der Waals surface area (Å²) in [7, 11) is 0. The molecule has 0 aliphatic heterocycles. The van der Waals surface area contributed by atoms with Gasteiger partial charge < -0.3 is 5.73 Å². The average Bonchev–Trinajstić information content (AvgIpc) is 1.85.